The van der Waals surface area contributed by atoms with Gasteiger partial charge in [-0.2, -0.15) is 0 Å². The van der Waals surface area contributed by atoms with E-state index in [4.69, 9.17) is 4.74 Å². The second kappa shape index (κ2) is 5.84. The molecule has 0 bridgehead atoms. The number of pyridine rings is 1. The zero-order valence-corrected chi connectivity index (χ0v) is 12.8. The average Bonchev–Trinajstić information content (AvgIpc) is 2.60. The summed E-state index contributed by atoms with van der Waals surface area (Å²) < 4.78 is 5.87. The van der Waals surface area contributed by atoms with Crippen molar-refractivity contribution >= 4 is 16.7 Å². The van der Waals surface area contributed by atoms with E-state index in [0.717, 1.165) is 46.3 Å². The molecule has 3 aromatic rings. The third-order valence-corrected chi connectivity index (χ3v) is 4.27. The van der Waals surface area contributed by atoms with Gasteiger partial charge in [0.15, 0.2) is 5.78 Å². The van der Waals surface area contributed by atoms with Crippen LogP contribution < -0.4 is 4.74 Å². The molecule has 0 fully saturated rings. The molecule has 1 heterocycles. The Kier molecular flexibility index (Phi) is 3.54. The number of rotatable bonds is 3. The van der Waals surface area contributed by atoms with Crippen LogP contribution in [-0.4, -0.2) is 10.8 Å². The standard InChI is InChI=1S/C20H17NO2/c22-20-7-3-5-15-12-17(10-11-18(15)20)23-13-16-9-8-14-4-1-2-6-19(14)21-16/h1-2,4,6,8-12H,3,5,7,13H2. The predicted octanol–water partition coefficient (Wildman–Crippen LogP) is 4.33. The van der Waals surface area contributed by atoms with Crippen molar-refractivity contribution < 1.29 is 9.53 Å². The summed E-state index contributed by atoms with van der Waals surface area (Å²) in [7, 11) is 0. The first kappa shape index (κ1) is 13.9. The van der Waals surface area contributed by atoms with Crippen molar-refractivity contribution in [2.45, 2.75) is 25.9 Å². The second-order valence-corrected chi connectivity index (χ2v) is 5.88. The first-order chi connectivity index (χ1) is 11.3. The van der Waals surface area contributed by atoms with Crippen LogP contribution in [0.4, 0.5) is 0 Å². The molecule has 23 heavy (non-hydrogen) atoms. The highest BCUT2D eigenvalue weighted by Gasteiger charge is 2.17. The smallest absolute Gasteiger partial charge is 0.163 e. The summed E-state index contributed by atoms with van der Waals surface area (Å²) in [5.41, 5.74) is 3.83. The molecule has 0 unspecified atom stereocenters. The summed E-state index contributed by atoms with van der Waals surface area (Å²) in [6.45, 7) is 0.428. The quantitative estimate of drug-likeness (QED) is 0.723. The van der Waals surface area contributed by atoms with E-state index in [2.05, 4.69) is 11.1 Å². The maximum atomic E-state index is 11.8. The van der Waals surface area contributed by atoms with Gasteiger partial charge in [-0.3, -0.25) is 4.79 Å². The van der Waals surface area contributed by atoms with E-state index >= 15 is 0 Å². The molecule has 3 nitrogen and oxygen atoms in total. The minimum atomic E-state index is 0.244. The number of ketones is 1. The van der Waals surface area contributed by atoms with Gasteiger partial charge in [0, 0.05) is 17.4 Å². The van der Waals surface area contributed by atoms with Gasteiger partial charge in [-0.05, 0) is 48.7 Å². The Morgan fingerprint density at radius 2 is 1.91 bits per heavy atom. The Morgan fingerprint density at radius 3 is 2.87 bits per heavy atom. The molecule has 0 N–H and O–H groups in total. The van der Waals surface area contributed by atoms with Crippen molar-refractivity contribution in [1.82, 2.24) is 4.98 Å². The Balaban J connectivity index is 1.53. The molecule has 0 amide bonds. The molecule has 3 heteroatoms. The fraction of sp³-hybridized carbons (Fsp3) is 0.200. The van der Waals surface area contributed by atoms with E-state index in [9.17, 15) is 4.79 Å². The SMILES string of the molecule is O=C1CCCc2cc(OCc3ccc4ccccc4n3)ccc21. The molecule has 0 radical (unpaired) electrons. The van der Waals surface area contributed by atoms with Crippen molar-refractivity contribution in [3.8, 4) is 5.75 Å². The number of carbonyl (C=O) groups is 1. The predicted molar refractivity (Wildman–Crippen MR) is 89.8 cm³/mol. The van der Waals surface area contributed by atoms with Crippen molar-refractivity contribution in [2.24, 2.45) is 0 Å². The molecule has 2 aromatic carbocycles. The van der Waals surface area contributed by atoms with Crippen LogP contribution in [0.3, 0.4) is 0 Å². The number of nitrogens with zero attached hydrogens (tertiary/aromatic N) is 1. The van der Waals surface area contributed by atoms with Gasteiger partial charge in [-0.1, -0.05) is 24.3 Å². The minimum Gasteiger partial charge on any atom is -0.487 e. The molecule has 0 saturated carbocycles. The summed E-state index contributed by atoms with van der Waals surface area (Å²) in [5, 5.41) is 1.13. The molecule has 114 valence electrons. The van der Waals surface area contributed by atoms with Crippen LogP contribution in [0.1, 0.15) is 34.5 Å². The van der Waals surface area contributed by atoms with Gasteiger partial charge in [0.2, 0.25) is 0 Å². The lowest BCUT2D eigenvalue weighted by Crippen LogP contribution is -2.10. The Morgan fingerprint density at radius 1 is 1.00 bits per heavy atom. The van der Waals surface area contributed by atoms with E-state index < -0.39 is 0 Å². The van der Waals surface area contributed by atoms with Gasteiger partial charge in [0.05, 0.1) is 11.2 Å². The lowest BCUT2D eigenvalue weighted by atomic mass is 9.90. The van der Waals surface area contributed by atoms with E-state index in [-0.39, 0.29) is 5.78 Å². The fourth-order valence-electron chi connectivity index (χ4n) is 3.06. The molecule has 1 aliphatic rings. The molecule has 0 spiro atoms. The number of aryl methyl sites for hydroxylation is 1. The largest absolute Gasteiger partial charge is 0.487 e. The van der Waals surface area contributed by atoms with E-state index in [0.29, 0.717) is 13.0 Å². The molecule has 0 atom stereocenters. The highest BCUT2D eigenvalue weighted by Crippen LogP contribution is 2.26. The summed E-state index contributed by atoms with van der Waals surface area (Å²) in [6, 6.07) is 17.9. The van der Waals surface area contributed by atoms with Gasteiger partial charge < -0.3 is 4.74 Å². The zero-order chi connectivity index (χ0) is 15.6. The molecular weight excluding hydrogens is 286 g/mol. The highest BCUT2D eigenvalue weighted by molar-refractivity contribution is 5.98. The number of carbonyl (C=O) groups excluding carboxylic acids is 1. The van der Waals surface area contributed by atoms with Crippen molar-refractivity contribution in [1.29, 1.82) is 0 Å². The van der Waals surface area contributed by atoms with Gasteiger partial charge in [-0.25, -0.2) is 4.98 Å². The Hall–Kier alpha value is -2.68. The number of benzene rings is 2. The number of hydrogen-bond acceptors (Lipinski definition) is 3. The first-order valence-electron chi connectivity index (χ1n) is 7.93. The Bertz CT molecular complexity index is 886. The van der Waals surface area contributed by atoms with Crippen LogP contribution in [0, 0.1) is 0 Å². The number of para-hydroxylation sites is 1. The highest BCUT2D eigenvalue weighted by atomic mass is 16.5. The first-order valence-corrected chi connectivity index (χ1v) is 7.93. The van der Waals surface area contributed by atoms with Crippen LogP contribution in [-0.2, 0) is 13.0 Å². The maximum Gasteiger partial charge on any atom is 0.163 e. The summed E-state index contributed by atoms with van der Waals surface area (Å²) >= 11 is 0. The van der Waals surface area contributed by atoms with Gasteiger partial charge in [-0.15, -0.1) is 0 Å². The minimum absolute atomic E-state index is 0.244. The molecule has 0 aliphatic heterocycles. The average molecular weight is 303 g/mol. The normalized spacial score (nSPS) is 13.8. The number of fused-ring (bicyclic) bond motifs is 2. The van der Waals surface area contributed by atoms with Gasteiger partial charge in [0.1, 0.15) is 12.4 Å². The van der Waals surface area contributed by atoms with Crippen LogP contribution >= 0.6 is 0 Å². The lowest BCUT2D eigenvalue weighted by molar-refractivity contribution is 0.0972. The van der Waals surface area contributed by atoms with E-state index in [1.165, 1.54) is 0 Å². The maximum absolute atomic E-state index is 11.8. The van der Waals surface area contributed by atoms with Crippen LogP contribution in [0.2, 0.25) is 0 Å². The zero-order valence-electron chi connectivity index (χ0n) is 12.8. The lowest BCUT2D eigenvalue weighted by Gasteiger charge is -2.16. The Labute approximate surface area is 134 Å². The van der Waals surface area contributed by atoms with Gasteiger partial charge in [0.25, 0.3) is 0 Å². The van der Waals surface area contributed by atoms with Gasteiger partial charge >= 0.3 is 0 Å². The summed E-state index contributed by atoms with van der Waals surface area (Å²) in [5.74, 6) is 1.04. The monoisotopic (exact) mass is 303 g/mol. The second-order valence-electron chi connectivity index (χ2n) is 5.88. The van der Waals surface area contributed by atoms with Crippen LogP contribution in [0.25, 0.3) is 10.9 Å². The fourth-order valence-corrected chi connectivity index (χ4v) is 3.06. The topological polar surface area (TPSA) is 39.2 Å². The molecule has 0 saturated heterocycles. The van der Waals surface area contributed by atoms with Crippen LogP contribution in [0.5, 0.6) is 5.75 Å². The van der Waals surface area contributed by atoms with Crippen molar-refractivity contribution in [3.05, 3.63) is 71.4 Å². The molecule has 4 rings (SSSR count). The van der Waals surface area contributed by atoms with Crippen molar-refractivity contribution in [2.75, 3.05) is 0 Å². The number of aromatic nitrogens is 1. The molecule has 1 aliphatic carbocycles. The molecule has 1 aromatic heterocycles. The number of hydrogen-bond donors (Lipinski definition) is 0. The number of Topliss-reactive ketones (excluding diaryl/α,β-unsaturated/α-hetero) is 1. The third-order valence-electron chi connectivity index (χ3n) is 4.27. The number of ether oxygens (including phenoxy) is 1. The van der Waals surface area contributed by atoms with E-state index in [1.54, 1.807) is 0 Å². The van der Waals surface area contributed by atoms with E-state index in [1.807, 2.05) is 48.5 Å². The van der Waals surface area contributed by atoms with Crippen LogP contribution in [0.15, 0.2) is 54.6 Å². The molecular formula is C20H17NO2. The summed E-state index contributed by atoms with van der Waals surface area (Å²) in [4.78, 5) is 16.5. The van der Waals surface area contributed by atoms with Crippen molar-refractivity contribution in [3.63, 3.8) is 0 Å². The summed E-state index contributed by atoms with van der Waals surface area (Å²) in [6.07, 6.45) is 2.54. The third kappa shape index (κ3) is 2.82.